The Kier molecular flexibility index (Phi) is 4.39. The summed E-state index contributed by atoms with van der Waals surface area (Å²) < 4.78 is 11.4. The van der Waals surface area contributed by atoms with E-state index in [4.69, 9.17) is 20.8 Å². The second-order valence-corrected chi connectivity index (χ2v) is 5.19. The summed E-state index contributed by atoms with van der Waals surface area (Å²) in [6, 6.07) is 15.2. The Morgan fingerprint density at radius 1 is 1.05 bits per heavy atom. The van der Waals surface area contributed by atoms with Crippen molar-refractivity contribution in [2.24, 2.45) is 0 Å². The van der Waals surface area contributed by atoms with Gasteiger partial charge in [0.2, 0.25) is 5.89 Å². The van der Waals surface area contributed by atoms with E-state index >= 15 is 0 Å². The lowest BCUT2D eigenvalue weighted by molar-refractivity contribution is 0.262. The van der Waals surface area contributed by atoms with Crippen LogP contribution in [0.2, 0.25) is 5.02 Å². The van der Waals surface area contributed by atoms with Gasteiger partial charge in [0.15, 0.2) is 6.61 Å². The van der Waals surface area contributed by atoms with Crippen LogP contribution in [-0.2, 0) is 13.0 Å². The van der Waals surface area contributed by atoms with Gasteiger partial charge in [-0.2, -0.15) is 0 Å². The van der Waals surface area contributed by atoms with Crippen LogP contribution in [0, 0.1) is 0 Å². The first-order valence-corrected chi connectivity index (χ1v) is 7.43. The second kappa shape index (κ2) is 6.62. The van der Waals surface area contributed by atoms with E-state index in [-0.39, 0.29) is 6.61 Å². The van der Waals surface area contributed by atoms with E-state index in [1.165, 1.54) is 0 Å². The molecule has 0 unspecified atom stereocenters. The number of hydrogen-bond acceptors (Lipinski definition) is 4. The smallest absolute Gasteiger partial charge is 0.254 e. The van der Waals surface area contributed by atoms with Crippen LogP contribution in [-0.4, -0.2) is 10.2 Å². The maximum atomic E-state index is 5.86. The molecule has 4 nitrogen and oxygen atoms in total. The molecule has 1 heterocycles. The molecule has 0 N–H and O–H groups in total. The number of aromatic nitrogens is 2. The van der Waals surface area contributed by atoms with Gasteiger partial charge in [0.25, 0.3) is 5.89 Å². The summed E-state index contributed by atoms with van der Waals surface area (Å²) >= 11 is 5.86. The Morgan fingerprint density at radius 3 is 2.59 bits per heavy atom. The third-order valence-electron chi connectivity index (χ3n) is 3.26. The molecule has 5 heteroatoms. The molecule has 0 aliphatic carbocycles. The molecule has 0 fully saturated rings. The van der Waals surface area contributed by atoms with Crippen LogP contribution in [0.5, 0.6) is 5.75 Å². The van der Waals surface area contributed by atoms with Crippen molar-refractivity contribution >= 4 is 11.6 Å². The zero-order valence-corrected chi connectivity index (χ0v) is 12.9. The molecular weight excluding hydrogens is 300 g/mol. The fourth-order valence-electron chi connectivity index (χ4n) is 2.10. The molecule has 0 saturated carbocycles. The monoisotopic (exact) mass is 314 g/mol. The van der Waals surface area contributed by atoms with Gasteiger partial charge in [0.1, 0.15) is 5.75 Å². The van der Waals surface area contributed by atoms with Crippen molar-refractivity contribution in [3.05, 3.63) is 65.0 Å². The lowest BCUT2D eigenvalue weighted by Gasteiger charge is -2.07. The molecule has 3 aromatic rings. The highest BCUT2D eigenvalue weighted by molar-refractivity contribution is 6.30. The minimum absolute atomic E-state index is 0.248. The Labute approximate surface area is 133 Å². The van der Waals surface area contributed by atoms with Crippen LogP contribution >= 0.6 is 11.6 Å². The van der Waals surface area contributed by atoms with Crippen molar-refractivity contribution in [1.29, 1.82) is 0 Å². The fourth-order valence-corrected chi connectivity index (χ4v) is 2.22. The molecule has 0 saturated heterocycles. The van der Waals surface area contributed by atoms with E-state index in [1.54, 1.807) is 12.1 Å². The standard InChI is InChI=1S/C17H15ClN2O2/c1-2-12-5-3-4-6-15(12)21-11-16-19-20-17(22-16)13-7-9-14(18)10-8-13/h3-10H,2,11H2,1H3. The van der Waals surface area contributed by atoms with Crippen molar-refractivity contribution in [3.63, 3.8) is 0 Å². The summed E-state index contributed by atoms with van der Waals surface area (Å²) in [5, 5.41) is 8.71. The third kappa shape index (κ3) is 3.28. The number of halogens is 1. The molecule has 0 aliphatic rings. The highest BCUT2D eigenvalue weighted by Crippen LogP contribution is 2.22. The van der Waals surface area contributed by atoms with Gasteiger partial charge in [-0.25, -0.2) is 0 Å². The van der Waals surface area contributed by atoms with E-state index in [2.05, 4.69) is 17.1 Å². The van der Waals surface area contributed by atoms with Crippen LogP contribution in [0.25, 0.3) is 11.5 Å². The largest absolute Gasteiger partial charge is 0.484 e. The topological polar surface area (TPSA) is 48.2 Å². The van der Waals surface area contributed by atoms with Crippen molar-refractivity contribution in [2.45, 2.75) is 20.0 Å². The molecule has 3 rings (SSSR count). The molecule has 2 aromatic carbocycles. The van der Waals surface area contributed by atoms with Crippen molar-refractivity contribution in [2.75, 3.05) is 0 Å². The van der Waals surface area contributed by atoms with Crippen molar-refractivity contribution in [3.8, 4) is 17.2 Å². The zero-order chi connectivity index (χ0) is 15.4. The second-order valence-electron chi connectivity index (χ2n) is 4.76. The summed E-state index contributed by atoms with van der Waals surface area (Å²) in [7, 11) is 0. The molecule has 112 valence electrons. The van der Waals surface area contributed by atoms with Gasteiger partial charge in [-0.15, -0.1) is 10.2 Å². The summed E-state index contributed by atoms with van der Waals surface area (Å²) in [6.45, 7) is 2.34. The Balaban J connectivity index is 1.71. The molecular formula is C17H15ClN2O2. The molecule has 1 aromatic heterocycles. The molecule has 0 radical (unpaired) electrons. The summed E-state index contributed by atoms with van der Waals surface area (Å²) in [4.78, 5) is 0. The molecule has 0 amide bonds. The molecule has 0 atom stereocenters. The van der Waals surface area contributed by atoms with Gasteiger partial charge in [0.05, 0.1) is 0 Å². The van der Waals surface area contributed by atoms with Gasteiger partial charge in [-0.3, -0.25) is 0 Å². The summed E-state index contributed by atoms with van der Waals surface area (Å²) in [5.74, 6) is 1.74. The minimum atomic E-state index is 0.248. The lowest BCUT2D eigenvalue weighted by Crippen LogP contribution is -1.98. The number of ether oxygens (including phenoxy) is 1. The van der Waals surface area contributed by atoms with Crippen LogP contribution in [0.4, 0.5) is 0 Å². The minimum Gasteiger partial charge on any atom is -0.484 e. The maximum absolute atomic E-state index is 5.86. The van der Waals surface area contributed by atoms with Gasteiger partial charge in [-0.1, -0.05) is 36.7 Å². The highest BCUT2D eigenvalue weighted by Gasteiger charge is 2.10. The average Bonchev–Trinajstić information content (AvgIpc) is 3.03. The quantitative estimate of drug-likeness (QED) is 0.694. The van der Waals surface area contributed by atoms with E-state index < -0.39 is 0 Å². The van der Waals surface area contributed by atoms with E-state index in [0.29, 0.717) is 16.8 Å². The van der Waals surface area contributed by atoms with Gasteiger partial charge in [-0.05, 0) is 42.3 Å². The fraction of sp³-hybridized carbons (Fsp3) is 0.176. The van der Waals surface area contributed by atoms with Gasteiger partial charge < -0.3 is 9.15 Å². The first-order chi connectivity index (χ1) is 10.8. The van der Waals surface area contributed by atoms with E-state index in [9.17, 15) is 0 Å². The summed E-state index contributed by atoms with van der Waals surface area (Å²) in [6.07, 6.45) is 0.913. The maximum Gasteiger partial charge on any atom is 0.254 e. The summed E-state index contributed by atoms with van der Waals surface area (Å²) in [5.41, 5.74) is 1.98. The van der Waals surface area contributed by atoms with E-state index in [0.717, 1.165) is 23.3 Å². The third-order valence-corrected chi connectivity index (χ3v) is 3.51. The number of para-hydroxylation sites is 1. The highest BCUT2D eigenvalue weighted by atomic mass is 35.5. The predicted molar refractivity (Wildman–Crippen MR) is 84.9 cm³/mol. The molecule has 0 bridgehead atoms. The average molecular weight is 315 g/mol. The SMILES string of the molecule is CCc1ccccc1OCc1nnc(-c2ccc(Cl)cc2)o1. The Morgan fingerprint density at radius 2 is 1.82 bits per heavy atom. The lowest BCUT2D eigenvalue weighted by atomic mass is 10.1. The van der Waals surface area contributed by atoms with Crippen molar-refractivity contribution in [1.82, 2.24) is 10.2 Å². The number of rotatable bonds is 5. The molecule has 0 spiro atoms. The molecule has 0 aliphatic heterocycles. The normalized spacial score (nSPS) is 10.6. The van der Waals surface area contributed by atoms with Crippen LogP contribution in [0.15, 0.2) is 52.9 Å². The van der Waals surface area contributed by atoms with E-state index in [1.807, 2.05) is 36.4 Å². The first kappa shape index (κ1) is 14.6. The number of hydrogen-bond donors (Lipinski definition) is 0. The number of nitrogens with zero attached hydrogens (tertiary/aromatic N) is 2. The molecule has 22 heavy (non-hydrogen) atoms. The first-order valence-electron chi connectivity index (χ1n) is 7.05. The Hall–Kier alpha value is -2.33. The predicted octanol–water partition coefficient (Wildman–Crippen LogP) is 4.53. The van der Waals surface area contributed by atoms with Crippen molar-refractivity contribution < 1.29 is 9.15 Å². The Bertz CT molecular complexity index is 753. The zero-order valence-electron chi connectivity index (χ0n) is 12.1. The van der Waals surface area contributed by atoms with Crippen LogP contribution in [0.3, 0.4) is 0 Å². The number of aryl methyl sites for hydroxylation is 1. The van der Waals surface area contributed by atoms with Gasteiger partial charge >= 0.3 is 0 Å². The van der Waals surface area contributed by atoms with Crippen LogP contribution < -0.4 is 4.74 Å². The number of benzene rings is 2. The van der Waals surface area contributed by atoms with Gasteiger partial charge in [0, 0.05) is 10.6 Å². The van der Waals surface area contributed by atoms with Crippen LogP contribution in [0.1, 0.15) is 18.4 Å².